The molecule has 0 spiro atoms. The molecule has 0 saturated carbocycles. The Morgan fingerprint density at radius 2 is 2.04 bits per heavy atom. The van der Waals surface area contributed by atoms with E-state index in [9.17, 15) is 14.4 Å². The number of anilines is 1. The van der Waals surface area contributed by atoms with Crippen LogP contribution in [0, 0.1) is 0 Å². The zero-order valence-corrected chi connectivity index (χ0v) is 14.2. The number of rotatable bonds is 7. The highest BCUT2D eigenvalue weighted by atomic mass is 16.5. The van der Waals surface area contributed by atoms with E-state index in [1.807, 2.05) is 0 Å². The molecule has 1 aliphatic heterocycles. The summed E-state index contributed by atoms with van der Waals surface area (Å²) in [7, 11) is 1.57. The van der Waals surface area contributed by atoms with Crippen molar-refractivity contribution in [1.82, 2.24) is 10.2 Å². The van der Waals surface area contributed by atoms with E-state index in [-0.39, 0.29) is 31.2 Å². The monoisotopic (exact) mass is 357 g/mol. The van der Waals surface area contributed by atoms with E-state index >= 15 is 0 Å². The summed E-state index contributed by atoms with van der Waals surface area (Å²) in [6.07, 6.45) is 1.81. The summed E-state index contributed by atoms with van der Waals surface area (Å²) in [6.45, 7) is 0.0756. The third-order valence-corrected chi connectivity index (χ3v) is 4.03. The van der Waals surface area contributed by atoms with Crippen LogP contribution in [-0.4, -0.2) is 35.9 Å². The molecule has 8 nitrogen and oxygen atoms in total. The van der Waals surface area contributed by atoms with Gasteiger partial charge < -0.3 is 19.8 Å². The molecule has 136 valence electrons. The van der Waals surface area contributed by atoms with Crippen molar-refractivity contribution in [3.63, 3.8) is 0 Å². The number of ether oxygens (including phenoxy) is 1. The minimum Gasteiger partial charge on any atom is -0.497 e. The van der Waals surface area contributed by atoms with Crippen LogP contribution in [0.15, 0.2) is 47.1 Å². The highest BCUT2D eigenvalue weighted by Crippen LogP contribution is 2.17. The van der Waals surface area contributed by atoms with Crippen LogP contribution in [0.5, 0.6) is 5.75 Å². The summed E-state index contributed by atoms with van der Waals surface area (Å²) in [5, 5.41) is 5.34. The highest BCUT2D eigenvalue weighted by molar-refractivity contribution is 6.04. The zero-order chi connectivity index (χ0) is 18.5. The number of carbonyl (C=O) groups is 3. The van der Waals surface area contributed by atoms with Crippen LogP contribution < -0.4 is 15.4 Å². The second-order valence-corrected chi connectivity index (χ2v) is 5.82. The molecule has 0 radical (unpaired) electrons. The van der Waals surface area contributed by atoms with Gasteiger partial charge in [0.1, 0.15) is 17.6 Å². The number of imide groups is 1. The van der Waals surface area contributed by atoms with Crippen LogP contribution in [0.3, 0.4) is 0 Å². The lowest BCUT2D eigenvalue weighted by molar-refractivity contribution is -0.128. The lowest BCUT2D eigenvalue weighted by Crippen LogP contribution is -2.31. The lowest BCUT2D eigenvalue weighted by Gasteiger charge is -2.11. The molecule has 8 heteroatoms. The van der Waals surface area contributed by atoms with Crippen molar-refractivity contribution < 1.29 is 23.5 Å². The number of furan rings is 1. The summed E-state index contributed by atoms with van der Waals surface area (Å²) < 4.78 is 10.2. The van der Waals surface area contributed by atoms with Gasteiger partial charge in [-0.05, 0) is 42.8 Å². The first-order valence-electron chi connectivity index (χ1n) is 8.15. The summed E-state index contributed by atoms with van der Waals surface area (Å²) in [6, 6.07) is 9.12. The quantitative estimate of drug-likeness (QED) is 0.739. The predicted octanol–water partition coefficient (Wildman–Crippen LogP) is 2.13. The molecule has 0 aliphatic carbocycles. The number of benzene rings is 1. The summed E-state index contributed by atoms with van der Waals surface area (Å²) in [4.78, 5) is 37.4. The number of urea groups is 1. The minimum atomic E-state index is -0.709. The molecular formula is C18H19N3O5. The van der Waals surface area contributed by atoms with Crippen molar-refractivity contribution in [3.05, 3.63) is 48.4 Å². The van der Waals surface area contributed by atoms with Crippen LogP contribution in [0.1, 0.15) is 18.6 Å². The SMILES string of the molecule is COc1ccc(NC(=O)CC[C@@H]2NC(=O)N(Cc3ccco3)C2=O)cc1. The van der Waals surface area contributed by atoms with Gasteiger partial charge in [-0.25, -0.2) is 4.79 Å². The lowest BCUT2D eigenvalue weighted by atomic mass is 10.1. The van der Waals surface area contributed by atoms with Crippen molar-refractivity contribution >= 4 is 23.5 Å². The smallest absolute Gasteiger partial charge is 0.325 e. The van der Waals surface area contributed by atoms with Gasteiger partial charge in [-0.1, -0.05) is 0 Å². The Balaban J connectivity index is 1.50. The molecule has 3 rings (SSSR count). The Bertz CT molecular complexity index is 786. The van der Waals surface area contributed by atoms with Gasteiger partial charge >= 0.3 is 6.03 Å². The van der Waals surface area contributed by atoms with E-state index in [2.05, 4.69) is 10.6 Å². The number of amides is 4. The molecule has 1 aromatic carbocycles. The van der Waals surface area contributed by atoms with Crippen LogP contribution >= 0.6 is 0 Å². The largest absolute Gasteiger partial charge is 0.497 e. The van der Waals surface area contributed by atoms with Crippen molar-refractivity contribution in [3.8, 4) is 5.75 Å². The first-order chi connectivity index (χ1) is 12.6. The number of methoxy groups -OCH3 is 1. The van der Waals surface area contributed by atoms with E-state index in [1.165, 1.54) is 6.26 Å². The standard InChI is InChI=1S/C18H19N3O5/c1-25-13-6-4-12(5-7-13)19-16(22)9-8-15-17(23)21(18(24)20-15)11-14-3-2-10-26-14/h2-7,10,15H,8-9,11H2,1H3,(H,19,22)(H,20,24)/t15-/m0/s1. The molecule has 2 heterocycles. The van der Waals surface area contributed by atoms with Gasteiger partial charge in [0.15, 0.2) is 0 Å². The maximum absolute atomic E-state index is 12.3. The normalized spacial score (nSPS) is 16.5. The molecule has 1 aromatic heterocycles. The molecule has 1 aliphatic rings. The van der Waals surface area contributed by atoms with Gasteiger partial charge in [-0.3, -0.25) is 14.5 Å². The number of nitrogens with one attached hydrogen (secondary N) is 2. The van der Waals surface area contributed by atoms with Crippen molar-refractivity contribution in [1.29, 1.82) is 0 Å². The summed E-state index contributed by atoms with van der Waals surface area (Å²) >= 11 is 0. The Labute approximate surface area is 150 Å². The summed E-state index contributed by atoms with van der Waals surface area (Å²) in [5.74, 6) is 0.621. The molecule has 1 fully saturated rings. The van der Waals surface area contributed by atoms with Crippen LogP contribution in [0.4, 0.5) is 10.5 Å². The van der Waals surface area contributed by atoms with Crippen LogP contribution in [0.25, 0.3) is 0 Å². The third kappa shape index (κ3) is 4.02. The first-order valence-corrected chi connectivity index (χ1v) is 8.15. The number of nitrogens with zero attached hydrogens (tertiary/aromatic N) is 1. The zero-order valence-electron chi connectivity index (χ0n) is 14.2. The molecule has 26 heavy (non-hydrogen) atoms. The van der Waals surface area contributed by atoms with Gasteiger partial charge in [-0.2, -0.15) is 0 Å². The van der Waals surface area contributed by atoms with E-state index in [4.69, 9.17) is 9.15 Å². The van der Waals surface area contributed by atoms with E-state index in [1.54, 1.807) is 43.5 Å². The minimum absolute atomic E-state index is 0.0756. The number of hydrogen-bond acceptors (Lipinski definition) is 5. The molecule has 0 unspecified atom stereocenters. The second kappa shape index (κ2) is 7.73. The average molecular weight is 357 g/mol. The van der Waals surface area contributed by atoms with E-state index in [0.29, 0.717) is 17.2 Å². The fourth-order valence-electron chi connectivity index (χ4n) is 2.65. The summed E-state index contributed by atoms with van der Waals surface area (Å²) in [5.41, 5.74) is 0.636. The Morgan fingerprint density at radius 3 is 2.69 bits per heavy atom. The Hall–Kier alpha value is -3.29. The Morgan fingerprint density at radius 1 is 1.27 bits per heavy atom. The topological polar surface area (TPSA) is 101 Å². The molecule has 2 aromatic rings. The molecule has 1 saturated heterocycles. The highest BCUT2D eigenvalue weighted by Gasteiger charge is 2.38. The van der Waals surface area contributed by atoms with Crippen molar-refractivity contribution in [2.75, 3.05) is 12.4 Å². The van der Waals surface area contributed by atoms with Gasteiger partial charge in [0, 0.05) is 12.1 Å². The third-order valence-electron chi connectivity index (χ3n) is 4.03. The number of hydrogen-bond donors (Lipinski definition) is 2. The van der Waals surface area contributed by atoms with E-state index < -0.39 is 12.1 Å². The first kappa shape index (κ1) is 17.5. The number of carbonyl (C=O) groups excluding carboxylic acids is 3. The Kier molecular flexibility index (Phi) is 5.21. The van der Waals surface area contributed by atoms with Crippen LogP contribution in [0.2, 0.25) is 0 Å². The maximum atomic E-state index is 12.3. The van der Waals surface area contributed by atoms with Crippen molar-refractivity contribution in [2.24, 2.45) is 0 Å². The predicted molar refractivity (Wildman–Crippen MR) is 92.4 cm³/mol. The van der Waals surface area contributed by atoms with Gasteiger partial charge in [-0.15, -0.1) is 0 Å². The molecule has 4 amide bonds. The van der Waals surface area contributed by atoms with Gasteiger partial charge in [0.25, 0.3) is 5.91 Å². The molecule has 2 N–H and O–H groups in total. The van der Waals surface area contributed by atoms with Gasteiger partial charge in [0.05, 0.1) is 19.9 Å². The van der Waals surface area contributed by atoms with Crippen LogP contribution in [-0.2, 0) is 16.1 Å². The average Bonchev–Trinajstić information content (AvgIpc) is 3.24. The molecule has 0 bridgehead atoms. The van der Waals surface area contributed by atoms with E-state index in [0.717, 1.165) is 4.90 Å². The fourth-order valence-corrected chi connectivity index (χ4v) is 2.65. The molecular weight excluding hydrogens is 338 g/mol. The maximum Gasteiger partial charge on any atom is 0.325 e. The van der Waals surface area contributed by atoms with Crippen molar-refractivity contribution in [2.45, 2.75) is 25.4 Å². The van der Waals surface area contributed by atoms with Gasteiger partial charge in [0.2, 0.25) is 5.91 Å². The second-order valence-electron chi connectivity index (χ2n) is 5.82. The fraction of sp³-hybridized carbons (Fsp3) is 0.278. The molecule has 1 atom stereocenters.